The number of aryl methyl sites for hydroxylation is 3. The maximum atomic E-state index is 6.51. The first-order chi connectivity index (χ1) is 8.88. The molecule has 2 N–H and O–H groups in total. The van der Waals surface area contributed by atoms with Crippen molar-refractivity contribution >= 4 is 0 Å². The molecule has 2 rings (SSSR count). The average Bonchev–Trinajstić information content (AvgIpc) is 2.34. The molecule has 0 saturated carbocycles. The quantitative estimate of drug-likeness (QED) is 0.878. The minimum atomic E-state index is -0.324. The summed E-state index contributed by atoms with van der Waals surface area (Å²) in [6, 6.07) is 15.1. The van der Waals surface area contributed by atoms with Crippen LogP contribution in [0.5, 0.6) is 0 Å². The minimum absolute atomic E-state index is 0.324. The maximum Gasteiger partial charge on any atom is 0.0421 e. The number of hydrogen-bond donors (Lipinski definition) is 1. The van der Waals surface area contributed by atoms with Gasteiger partial charge in [0.15, 0.2) is 0 Å². The first-order valence-corrected chi connectivity index (χ1v) is 6.81. The molecule has 0 aromatic heterocycles. The van der Waals surface area contributed by atoms with Gasteiger partial charge in [-0.1, -0.05) is 48.0 Å². The first-order valence-electron chi connectivity index (χ1n) is 6.81. The molecule has 1 atom stereocenters. The van der Waals surface area contributed by atoms with Gasteiger partial charge in [0.2, 0.25) is 0 Å². The van der Waals surface area contributed by atoms with Gasteiger partial charge in [-0.25, -0.2) is 0 Å². The Bertz CT molecular complexity index is 565. The van der Waals surface area contributed by atoms with Crippen LogP contribution in [0, 0.1) is 20.8 Å². The molecule has 2 aromatic carbocycles. The van der Waals surface area contributed by atoms with Gasteiger partial charge in [0.25, 0.3) is 0 Å². The molecule has 0 aliphatic carbocycles. The van der Waals surface area contributed by atoms with Crippen molar-refractivity contribution in [3.63, 3.8) is 0 Å². The van der Waals surface area contributed by atoms with E-state index < -0.39 is 0 Å². The van der Waals surface area contributed by atoms with Crippen LogP contribution < -0.4 is 5.73 Å². The Balaban J connectivity index is 2.25. The zero-order valence-corrected chi connectivity index (χ0v) is 12.3. The Kier molecular flexibility index (Phi) is 3.77. The molecule has 1 unspecified atom stereocenters. The minimum Gasteiger partial charge on any atom is -0.321 e. The van der Waals surface area contributed by atoms with Gasteiger partial charge in [-0.2, -0.15) is 0 Å². The van der Waals surface area contributed by atoms with E-state index in [1.54, 1.807) is 0 Å². The van der Waals surface area contributed by atoms with Gasteiger partial charge in [-0.15, -0.1) is 0 Å². The standard InChI is InChI=1S/C18H23N/c1-13-5-9-17(10-6-13)18(4,19)12-16-8-7-14(2)15(3)11-16/h5-11H,12,19H2,1-4H3. The molecule has 2 aromatic rings. The second kappa shape index (κ2) is 5.18. The Morgan fingerprint density at radius 2 is 1.53 bits per heavy atom. The fourth-order valence-electron chi connectivity index (χ4n) is 2.37. The number of hydrogen-bond acceptors (Lipinski definition) is 1. The van der Waals surface area contributed by atoms with Gasteiger partial charge in [-0.3, -0.25) is 0 Å². The third-order valence-corrected chi connectivity index (χ3v) is 3.85. The molecular weight excluding hydrogens is 230 g/mol. The van der Waals surface area contributed by atoms with E-state index in [1.165, 1.54) is 27.8 Å². The third kappa shape index (κ3) is 3.24. The Labute approximate surface area is 116 Å². The summed E-state index contributed by atoms with van der Waals surface area (Å²) in [6.07, 6.45) is 0.858. The van der Waals surface area contributed by atoms with Crippen LogP contribution in [0.25, 0.3) is 0 Å². The summed E-state index contributed by atoms with van der Waals surface area (Å²) in [5.41, 5.74) is 12.6. The van der Waals surface area contributed by atoms with Crippen molar-refractivity contribution in [2.24, 2.45) is 5.73 Å². The van der Waals surface area contributed by atoms with Crippen LogP contribution in [0.4, 0.5) is 0 Å². The molecule has 0 heterocycles. The molecule has 1 nitrogen and oxygen atoms in total. The Hall–Kier alpha value is -1.60. The molecule has 0 saturated heterocycles. The predicted molar refractivity (Wildman–Crippen MR) is 82.3 cm³/mol. The van der Waals surface area contributed by atoms with Crippen LogP contribution >= 0.6 is 0 Å². The molecule has 0 aliphatic rings. The van der Waals surface area contributed by atoms with Crippen LogP contribution in [0.3, 0.4) is 0 Å². The lowest BCUT2D eigenvalue weighted by molar-refractivity contribution is 0.491. The fraction of sp³-hybridized carbons (Fsp3) is 0.333. The molecule has 19 heavy (non-hydrogen) atoms. The highest BCUT2D eigenvalue weighted by Crippen LogP contribution is 2.24. The molecule has 0 spiro atoms. The predicted octanol–water partition coefficient (Wildman–Crippen LogP) is 4.03. The normalized spacial score (nSPS) is 14.2. The molecule has 0 aliphatic heterocycles. The monoisotopic (exact) mass is 253 g/mol. The zero-order chi connectivity index (χ0) is 14.0. The molecule has 0 fully saturated rings. The summed E-state index contributed by atoms with van der Waals surface area (Å²) in [5.74, 6) is 0. The van der Waals surface area contributed by atoms with E-state index in [4.69, 9.17) is 5.73 Å². The molecule has 0 radical (unpaired) electrons. The van der Waals surface area contributed by atoms with E-state index in [1.807, 2.05) is 0 Å². The number of nitrogens with two attached hydrogens (primary N) is 1. The lowest BCUT2D eigenvalue weighted by atomic mass is 9.85. The van der Waals surface area contributed by atoms with Crippen molar-refractivity contribution in [1.82, 2.24) is 0 Å². The van der Waals surface area contributed by atoms with Gasteiger partial charge in [0, 0.05) is 5.54 Å². The van der Waals surface area contributed by atoms with Crippen LogP contribution in [-0.4, -0.2) is 0 Å². The van der Waals surface area contributed by atoms with E-state index in [9.17, 15) is 0 Å². The van der Waals surface area contributed by atoms with Crippen molar-refractivity contribution < 1.29 is 0 Å². The molecule has 0 bridgehead atoms. The number of benzene rings is 2. The van der Waals surface area contributed by atoms with Crippen molar-refractivity contribution in [1.29, 1.82) is 0 Å². The molecule has 1 heteroatoms. The highest BCUT2D eigenvalue weighted by atomic mass is 14.7. The van der Waals surface area contributed by atoms with Gasteiger partial charge in [0.1, 0.15) is 0 Å². The lowest BCUT2D eigenvalue weighted by Crippen LogP contribution is -2.35. The Morgan fingerprint density at radius 3 is 2.11 bits per heavy atom. The van der Waals surface area contributed by atoms with Crippen molar-refractivity contribution in [3.8, 4) is 0 Å². The second-order valence-corrected chi connectivity index (χ2v) is 5.88. The van der Waals surface area contributed by atoms with E-state index in [2.05, 4.69) is 70.2 Å². The maximum absolute atomic E-state index is 6.51. The van der Waals surface area contributed by atoms with Gasteiger partial charge in [0.05, 0.1) is 0 Å². The summed E-state index contributed by atoms with van der Waals surface area (Å²) in [7, 11) is 0. The summed E-state index contributed by atoms with van der Waals surface area (Å²) >= 11 is 0. The SMILES string of the molecule is Cc1ccc(C(C)(N)Cc2ccc(C)c(C)c2)cc1. The van der Waals surface area contributed by atoms with Gasteiger partial charge in [-0.05, 0) is 56.4 Å². The number of rotatable bonds is 3. The molecular formula is C18H23N. The highest BCUT2D eigenvalue weighted by Gasteiger charge is 2.21. The third-order valence-electron chi connectivity index (χ3n) is 3.85. The Morgan fingerprint density at radius 1 is 0.895 bits per heavy atom. The summed E-state index contributed by atoms with van der Waals surface area (Å²) in [6.45, 7) is 8.49. The second-order valence-electron chi connectivity index (χ2n) is 5.88. The summed E-state index contributed by atoms with van der Waals surface area (Å²) < 4.78 is 0. The zero-order valence-electron chi connectivity index (χ0n) is 12.3. The fourth-order valence-corrected chi connectivity index (χ4v) is 2.37. The van der Waals surface area contributed by atoms with Crippen LogP contribution in [0.1, 0.15) is 34.7 Å². The van der Waals surface area contributed by atoms with E-state index in [-0.39, 0.29) is 5.54 Å². The van der Waals surface area contributed by atoms with E-state index in [0.29, 0.717) is 0 Å². The summed E-state index contributed by atoms with van der Waals surface area (Å²) in [5, 5.41) is 0. The summed E-state index contributed by atoms with van der Waals surface area (Å²) in [4.78, 5) is 0. The van der Waals surface area contributed by atoms with Gasteiger partial charge >= 0.3 is 0 Å². The smallest absolute Gasteiger partial charge is 0.0421 e. The average molecular weight is 253 g/mol. The topological polar surface area (TPSA) is 26.0 Å². The van der Waals surface area contributed by atoms with Crippen molar-refractivity contribution in [2.45, 2.75) is 39.7 Å². The lowest BCUT2D eigenvalue weighted by Gasteiger charge is -2.26. The van der Waals surface area contributed by atoms with Gasteiger partial charge < -0.3 is 5.73 Å². The largest absolute Gasteiger partial charge is 0.321 e. The van der Waals surface area contributed by atoms with Crippen LogP contribution in [0.2, 0.25) is 0 Å². The van der Waals surface area contributed by atoms with Crippen LogP contribution in [-0.2, 0) is 12.0 Å². The van der Waals surface area contributed by atoms with Crippen molar-refractivity contribution in [3.05, 3.63) is 70.3 Å². The highest BCUT2D eigenvalue weighted by molar-refractivity contribution is 5.34. The van der Waals surface area contributed by atoms with E-state index >= 15 is 0 Å². The van der Waals surface area contributed by atoms with E-state index in [0.717, 1.165) is 6.42 Å². The molecule has 0 amide bonds. The van der Waals surface area contributed by atoms with Crippen LogP contribution in [0.15, 0.2) is 42.5 Å². The van der Waals surface area contributed by atoms with Crippen molar-refractivity contribution in [2.75, 3.05) is 0 Å². The first kappa shape index (κ1) is 13.8. The molecule has 100 valence electrons.